The number of carbonyl (C=O) groups is 2. The van der Waals surface area contributed by atoms with Crippen molar-refractivity contribution in [1.82, 2.24) is 4.98 Å². The average molecular weight is 414 g/mol. The van der Waals surface area contributed by atoms with Crippen molar-refractivity contribution in [3.05, 3.63) is 52.8 Å². The van der Waals surface area contributed by atoms with Crippen LogP contribution < -0.4 is 9.64 Å². The molecule has 1 aromatic heterocycles. The van der Waals surface area contributed by atoms with Crippen LogP contribution in [0.4, 0.5) is 10.1 Å². The van der Waals surface area contributed by atoms with E-state index in [1.807, 2.05) is 26.0 Å². The number of aromatic nitrogens is 1. The van der Waals surface area contributed by atoms with Gasteiger partial charge in [-0.15, -0.1) is 11.3 Å². The molecule has 1 atom stereocenters. The van der Waals surface area contributed by atoms with Gasteiger partial charge >= 0.3 is 5.97 Å². The number of para-hydroxylation sites is 1. The molecule has 0 radical (unpaired) electrons. The number of ether oxygens (including phenoxy) is 1. The van der Waals surface area contributed by atoms with Crippen molar-refractivity contribution in [2.45, 2.75) is 38.8 Å². The molecule has 29 heavy (non-hydrogen) atoms. The first-order valence-corrected chi connectivity index (χ1v) is 10.0. The molecular formula is C21H19FN2O4S. The fourth-order valence-corrected chi connectivity index (χ4v) is 4.41. The van der Waals surface area contributed by atoms with Crippen LogP contribution in [0, 0.1) is 5.82 Å². The van der Waals surface area contributed by atoms with Gasteiger partial charge in [-0.2, -0.15) is 0 Å². The average Bonchev–Trinajstić information content (AvgIpc) is 3.05. The Bertz CT molecular complexity index is 1110. The molecule has 150 valence electrons. The summed E-state index contributed by atoms with van der Waals surface area (Å²) < 4.78 is 20.1. The van der Waals surface area contributed by atoms with E-state index in [1.54, 1.807) is 17.0 Å². The van der Waals surface area contributed by atoms with E-state index in [0.29, 0.717) is 22.0 Å². The predicted octanol–water partition coefficient (Wildman–Crippen LogP) is 4.33. The lowest BCUT2D eigenvalue weighted by Crippen LogP contribution is -2.47. The molecule has 0 aliphatic carbocycles. The maximum absolute atomic E-state index is 13.5. The van der Waals surface area contributed by atoms with Gasteiger partial charge in [0, 0.05) is 6.07 Å². The number of thiazole rings is 1. The monoisotopic (exact) mass is 414 g/mol. The number of carbonyl (C=O) groups excluding carboxylic acids is 1. The largest absolute Gasteiger partial charge is 0.481 e. The molecule has 8 heteroatoms. The highest BCUT2D eigenvalue weighted by atomic mass is 32.1. The number of hydrogen-bond donors (Lipinski definition) is 1. The molecule has 4 rings (SSSR count). The van der Waals surface area contributed by atoms with E-state index in [2.05, 4.69) is 4.98 Å². The van der Waals surface area contributed by atoms with Crippen LogP contribution in [0.3, 0.4) is 0 Å². The summed E-state index contributed by atoms with van der Waals surface area (Å²) in [7, 11) is 0. The van der Waals surface area contributed by atoms with Gasteiger partial charge in [-0.05, 0) is 29.7 Å². The Hall–Kier alpha value is -3.00. The lowest BCUT2D eigenvalue weighted by Gasteiger charge is -2.35. The summed E-state index contributed by atoms with van der Waals surface area (Å²) in [6.45, 7) is 4.19. The molecule has 3 aromatic rings. The molecule has 1 unspecified atom stereocenters. The van der Waals surface area contributed by atoms with Gasteiger partial charge in [0.2, 0.25) is 0 Å². The SMILES string of the molecule is CC(C)c1cccc2c1N(Cc1nc3cc(F)ccc3s1)C(=O)C(CC(=O)O)O2. The number of benzene rings is 2. The number of fused-ring (bicyclic) bond motifs is 2. The van der Waals surface area contributed by atoms with Crippen LogP contribution in [0.25, 0.3) is 10.2 Å². The summed E-state index contributed by atoms with van der Waals surface area (Å²) in [4.78, 5) is 30.4. The molecule has 1 N–H and O–H groups in total. The molecule has 0 spiro atoms. The fraction of sp³-hybridized carbons (Fsp3) is 0.286. The predicted molar refractivity (Wildman–Crippen MR) is 108 cm³/mol. The number of amides is 1. The maximum atomic E-state index is 13.5. The molecule has 6 nitrogen and oxygen atoms in total. The second kappa shape index (κ2) is 7.44. The highest BCUT2D eigenvalue weighted by Crippen LogP contribution is 2.42. The van der Waals surface area contributed by atoms with Gasteiger partial charge in [0.25, 0.3) is 5.91 Å². The zero-order valence-electron chi connectivity index (χ0n) is 15.9. The number of carboxylic acids is 1. The first-order valence-electron chi connectivity index (χ1n) is 9.21. The van der Waals surface area contributed by atoms with Crippen molar-refractivity contribution >= 4 is 39.1 Å². The van der Waals surface area contributed by atoms with Gasteiger partial charge in [0.05, 0.1) is 28.9 Å². The number of hydrogen-bond acceptors (Lipinski definition) is 5. The highest BCUT2D eigenvalue weighted by Gasteiger charge is 2.38. The minimum atomic E-state index is -1.11. The quantitative estimate of drug-likeness (QED) is 0.672. The van der Waals surface area contributed by atoms with E-state index in [1.165, 1.54) is 23.5 Å². The van der Waals surface area contributed by atoms with Crippen LogP contribution in [0.2, 0.25) is 0 Å². The van der Waals surface area contributed by atoms with Crippen molar-refractivity contribution in [1.29, 1.82) is 0 Å². The lowest BCUT2D eigenvalue weighted by molar-refractivity contribution is -0.142. The standard InChI is InChI=1S/C21H19FN2O4S/c1-11(2)13-4-3-5-15-20(13)24(21(27)16(28-15)9-19(25)26)10-18-23-14-8-12(22)6-7-17(14)29-18/h3-8,11,16H,9-10H2,1-2H3,(H,25,26). The van der Waals surface area contributed by atoms with Crippen molar-refractivity contribution in [3.63, 3.8) is 0 Å². The third-order valence-electron chi connectivity index (χ3n) is 4.78. The minimum Gasteiger partial charge on any atom is -0.481 e. The molecule has 2 aromatic carbocycles. The number of carboxylic acid groups (broad SMARTS) is 1. The summed E-state index contributed by atoms with van der Waals surface area (Å²) in [5.41, 5.74) is 2.10. The van der Waals surface area contributed by atoms with Crippen molar-refractivity contribution < 1.29 is 23.8 Å². The van der Waals surface area contributed by atoms with Gasteiger partial charge < -0.3 is 9.84 Å². The van der Waals surface area contributed by atoms with Crippen LogP contribution >= 0.6 is 11.3 Å². The Kier molecular flexibility index (Phi) is 4.96. The van der Waals surface area contributed by atoms with E-state index >= 15 is 0 Å². The van der Waals surface area contributed by atoms with Gasteiger partial charge in [0.15, 0.2) is 6.10 Å². The van der Waals surface area contributed by atoms with E-state index in [0.717, 1.165) is 10.3 Å². The van der Waals surface area contributed by atoms with Gasteiger partial charge in [-0.3, -0.25) is 14.5 Å². The minimum absolute atomic E-state index is 0.129. The number of aliphatic carboxylic acids is 1. The summed E-state index contributed by atoms with van der Waals surface area (Å²) in [6.07, 6.45) is -1.53. The summed E-state index contributed by atoms with van der Waals surface area (Å²) in [5, 5.41) is 9.81. The lowest BCUT2D eigenvalue weighted by atomic mass is 9.98. The molecule has 0 saturated heterocycles. The van der Waals surface area contributed by atoms with Crippen molar-refractivity contribution in [3.8, 4) is 5.75 Å². The molecule has 2 heterocycles. The second-order valence-electron chi connectivity index (χ2n) is 7.20. The summed E-state index contributed by atoms with van der Waals surface area (Å²) in [5.74, 6) is -1.29. The topological polar surface area (TPSA) is 79.7 Å². The Morgan fingerprint density at radius 2 is 2.14 bits per heavy atom. The third-order valence-corrected chi connectivity index (χ3v) is 5.80. The van der Waals surface area contributed by atoms with Gasteiger partial charge in [-0.25, -0.2) is 9.37 Å². The highest BCUT2D eigenvalue weighted by molar-refractivity contribution is 7.18. The molecule has 1 amide bonds. The molecule has 0 saturated carbocycles. The zero-order valence-corrected chi connectivity index (χ0v) is 16.7. The number of halogens is 1. The van der Waals surface area contributed by atoms with Gasteiger partial charge in [-0.1, -0.05) is 26.0 Å². The number of anilines is 1. The smallest absolute Gasteiger partial charge is 0.307 e. The number of rotatable bonds is 5. The third kappa shape index (κ3) is 3.67. The van der Waals surface area contributed by atoms with Crippen molar-refractivity contribution in [2.75, 3.05) is 4.90 Å². The molecule has 0 bridgehead atoms. The van der Waals surface area contributed by atoms with Crippen LogP contribution in [0.15, 0.2) is 36.4 Å². The van der Waals surface area contributed by atoms with Crippen molar-refractivity contribution in [2.24, 2.45) is 0 Å². The van der Waals surface area contributed by atoms with Crippen LogP contribution in [-0.2, 0) is 16.1 Å². The molecule has 0 fully saturated rings. The van der Waals surface area contributed by atoms with E-state index < -0.39 is 24.4 Å². The Morgan fingerprint density at radius 3 is 2.86 bits per heavy atom. The first kappa shape index (κ1) is 19.3. The summed E-state index contributed by atoms with van der Waals surface area (Å²) >= 11 is 1.38. The Morgan fingerprint density at radius 1 is 1.34 bits per heavy atom. The molecular weight excluding hydrogens is 395 g/mol. The Labute approximate surface area is 170 Å². The number of nitrogens with zero attached hydrogens (tertiary/aromatic N) is 2. The van der Waals surface area contributed by atoms with Crippen LogP contribution in [0.1, 0.15) is 36.8 Å². The maximum Gasteiger partial charge on any atom is 0.307 e. The Balaban J connectivity index is 1.78. The van der Waals surface area contributed by atoms with Gasteiger partial charge in [0.1, 0.15) is 16.6 Å². The second-order valence-corrected chi connectivity index (χ2v) is 8.31. The molecule has 1 aliphatic rings. The van der Waals surface area contributed by atoms with E-state index in [-0.39, 0.29) is 18.3 Å². The first-order chi connectivity index (χ1) is 13.8. The zero-order chi connectivity index (χ0) is 20.7. The normalized spacial score (nSPS) is 16.2. The molecule has 1 aliphatic heterocycles. The summed E-state index contributed by atoms with van der Waals surface area (Å²) in [6, 6.07) is 9.90. The van der Waals surface area contributed by atoms with Crippen LogP contribution in [-0.4, -0.2) is 28.1 Å². The van der Waals surface area contributed by atoms with Crippen LogP contribution in [0.5, 0.6) is 5.75 Å². The van der Waals surface area contributed by atoms with E-state index in [9.17, 15) is 19.1 Å². The fourth-order valence-electron chi connectivity index (χ4n) is 3.47. The van der Waals surface area contributed by atoms with E-state index in [4.69, 9.17) is 4.74 Å².